The maximum absolute atomic E-state index is 12.6. The molecule has 2 N–H and O–H groups in total. The van der Waals surface area contributed by atoms with Crippen molar-refractivity contribution in [1.82, 2.24) is 10.2 Å². The molecule has 10 heteroatoms. The summed E-state index contributed by atoms with van der Waals surface area (Å²) in [5.41, 5.74) is 0.568. The second-order valence-corrected chi connectivity index (χ2v) is 6.35. The maximum atomic E-state index is 12.6. The number of furan rings is 1. The highest BCUT2D eigenvalue weighted by Gasteiger charge is 2.16. The van der Waals surface area contributed by atoms with Crippen LogP contribution in [0.4, 0.5) is 11.4 Å². The summed E-state index contributed by atoms with van der Waals surface area (Å²) in [6.07, 6.45) is 1.50. The topological polar surface area (TPSA) is 133 Å². The Bertz CT molecular complexity index is 1220. The highest BCUT2D eigenvalue weighted by molar-refractivity contribution is 6.03. The van der Waals surface area contributed by atoms with Crippen molar-refractivity contribution in [2.45, 2.75) is 0 Å². The monoisotopic (exact) mass is 420 g/mol. The van der Waals surface area contributed by atoms with Crippen molar-refractivity contribution in [2.24, 2.45) is 0 Å². The number of carbonyl (C=O) groups is 1. The van der Waals surface area contributed by atoms with E-state index in [1.807, 2.05) is 0 Å². The summed E-state index contributed by atoms with van der Waals surface area (Å²) in [5.74, 6) is 1.26. The minimum atomic E-state index is -0.569. The normalized spacial score (nSPS) is 10.5. The summed E-state index contributed by atoms with van der Waals surface area (Å²) in [4.78, 5) is 23.3. The molecule has 4 aromatic rings. The molecule has 0 aliphatic heterocycles. The highest BCUT2D eigenvalue weighted by atomic mass is 16.6. The summed E-state index contributed by atoms with van der Waals surface area (Å²) >= 11 is 0. The Hall–Kier alpha value is -4.60. The van der Waals surface area contributed by atoms with Crippen LogP contribution in [0.5, 0.6) is 17.2 Å². The molecular weight excluding hydrogens is 404 g/mol. The Morgan fingerprint density at radius 2 is 1.87 bits per heavy atom. The Morgan fingerprint density at radius 1 is 1.10 bits per heavy atom. The zero-order chi connectivity index (χ0) is 21.8. The van der Waals surface area contributed by atoms with Crippen LogP contribution in [-0.4, -0.2) is 28.1 Å². The first-order chi connectivity index (χ1) is 15.0. The van der Waals surface area contributed by atoms with Gasteiger partial charge in [-0.2, -0.15) is 5.10 Å². The third kappa shape index (κ3) is 4.53. The number of nitro groups is 1. The Morgan fingerprint density at radius 3 is 2.55 bits per heavy atom. The summed E-state index contributed by atoms with van der Waals surface area (Å²) in [6.45, 7) is 0. The molecule has 2 heterocycles. The molecule has 0 unspecified atom stereocenters. The lowest BCUT2D eigenvalue weighted by Crippen LogP contribution is -2.12. The number of non-ortho nitro benzene ring substituents is 1. The van der Waals surface area contributed by atoms with Crippen LogP contribution in [0.3, 0.4) is 0 Å². The second-order valence-electron chi connectivity index (χ2n) is 6.35. The number of amides is 1. The first-order valence-corrected chi connectivity index (χ1v) is 9.04. The van der Waals surface area contributed by atoms with E-state index < -0.39 is 10.8 Å². The highest BCUT2D eigenvalue weighted by Crippen LogP contribution is 2.31. The molecule has 0 atom stereocenters. The fraction of sp³-hybridized carbons (Fsp3) is 0.0476. The van der Waals surface area contributed by atoms with Gasteiger partial charge in [-0.15, -0.1) is 0 Å². The molecule has 0 bridgehead atoms. The largest absolute Gasteiger partial charge is 0.497 e. The molecule has 0 spiro atoms. The Kier molecular flexibility index (Phi) is 5.35. The standard InChI is InChI=1S/C21H16N4O6/c1-29-15-4-6-16(7-5-15)31-17-10-13(9-14(11-17)25(27)28)22-21(26)19-12-18(23-24-19)20-3-2-8-30-20/h2-12H,1H3,(H,22,26)(H,23,24). The average Bonchev–Trinajstić information content (AvgIpc) is 3.46. The van der Waals surface area contributed by atoms with Gasteiger partial charge >= 0.3 is 0 Å². The predicted octanol–water partition coefficient (Wildman–Crippen LogP) is 4.63. The van der Waals surface area contributed by atoms with E-state index in [9.17, 15) is 14.9 Å². The van der Waals surface area contributed by atoms with Crippen LogP contribution in [0, 0.1) is 10.1 Å². The first-order valence-electron chi connectivity index (χ1n) is 9.04. The van der Waals surface area contributed by atoms with Gasteiger partial charge in [-0.25, -0.2) is 0 Å². The molecule has 2 aromatic carbocycles. The molecule has 156 valence electrons. The van der Waals surface area contributed by atoms with E-state index in [2.05, 4.69) is 15.5 Å². The SMILES string of the molecule is COc1ccc(Oc2cc(NC(=O)c3cc(-c4ccco4)[nH]n3)cc([N+](=O)[O-])c2)cc1. The number of nitrogens with zero attached hydrogens (tertiary/aromatic N) is 2. The Labute approximate surface area is 175 Å². The van der Waals surface area contributed by atoms with Crippen LogP contribution >= 0.6 is 0 Å². The van der Waals surface area contributed by atoms with Crippen molar-refractivity contribution >= 4 is 17.3 Å². The number of hydrogen-bond acceptors (Lipinski definition) is 7. The number of rotatable bonds is 7. The van der Waals surface area contributed by atoms with E-state index >= 15 is 0 Å². The van der Waals surface area contributed by atoms with Crippen LogP contribution in [0.1, 0.15) is 10.5 Å². The van der Waals surface area contributed by atoms with Crippen molar-refractivity contribution in [1.29, 1.82) is 0 Å². The van der Waals surface area contributed by atoms with Crippen LogP contribution in [0.25, 0.3) is 11.5 Å². The van der Waals surface area contributed by atoms with Gasteiger partial charge in [0.15, 0.2) is 11.5 Å². The van der Waals surface area contributed by atoms with Gasteiger partial charge in [-0.05, 0) is 36.4 Å². The number of benzene rings is 2. The van der Waals surface area contributed by atoms with E-state index in [4.69, 9.17) is 13.9 Å². The molecular formula is C21H16N4O6. The molecule has 0 aliphatic rings. The maximum Gasteiger partial charge on any atom is 0.276 e. The predicted molar refractivity (Wildman–Crippen MR) is 110 cm³/mol. The number of nitro benzene ring substituents is 1. The molecule has 0 fully saturated rings. The van der Waals surface area contributed by atoms with E-state index in [-0.39, 0.29) is 22.8 Å². The number of ether oxygens (including phenoxy) is 2. The van der Waals surface area contributed by atoms with E-state index in [0.717, 1.165) is 0 Å². The molecule has 0 saturated carbocycles. The lowest BCUT2D eigenvalue weighted by Gasteiger charge is -2.09. The average molecular weight is 420 g/mol. The first kappa shape index (κ1) is 19.7. The van der Waals surface area contributed by atoms with E-state index in [0.29, 0.717) is 23.0 Å². The smallest absolute Gasteiger partial charge is 0.276 e. The number of hydrogen-bond donors (Lipinski definition) is 2. The van der Waals surface area contributed by atoms with Crippen molar-refractivity contribution in [3.63, 3.8) is 0 Å². The van der Waals surface area contributed by atoms with Gasteiger partial charge in [0.2, 0.25) is 0 Å². The third-order valence-electron chi connectivity index (χ3n) is 4.25. The van der Waals surface area contributed by atoms with Gasteiger partial charge in [0.05, 0.1) is 30.1 Å². The van der Waals surface area contributed by atoms with Crippen LogP contribution in [-0.2, 0) is 0 Å². The number of aromatic nitrogens is 2. The van der Waals surface area contributed by atoms with Crippen molar-refractivity contribution < 1.29 is 23.6 Å². The molecule has 1 amide bonds. The van der Waals surface area contributed by atoms with Crippen molar-refractivity contribution in [3.05, 3.63) is 82.7 Å². The fourth-order valence-corrected chi connectivity index (χ4v) is 2.79. The lowest BCUT2D eigenvalue weighted by atomic mass is 10.2. The van der Waals surface area contributed by atoms with Gasteiger partial charge in [0.25, 0.3) is 11.6 Å². The molecule has 31 heavy (non-hydrogen) atoms. The molecule has 10 nitrogen and oxygen atoms in total. The summed E-state index contributed by atoms with van der Waals surface area (Å²) < 4.78 is 16.1. The van der Waals surface area contributed by atoms with Gasteiger partial charge in [0.1, 0.15) is 22.9 Å². The van der Waals surface area contributed by atoms with Crippen LogP contribution in [0.15, 0.2) is 71.3 Å². The van der Waals surface area contributed by atoms with Gasteiger partial charge < -0.3 is 19.2 Å². The molecule has 2 aromatic heterocycles. The zero-order valence-electron chi connectivity index (χ0n) is 16.2. The molecule has 0 saturated heterocycles. The quantitative estimate of drug-likeness (QED) is 0.329. The van der Waals surface area contributed by atoms with Gasteiger partial charge in [0, 0.05) is 18.2 Å². The minimum Gasteiger partial charge on any atom is -0.497 e. The van der Waals surface area contributed by atoms with Crippen LogP contribution in [0.2, 0.25) is 0 Å². The zero-order valence-corrected chi connectivity index (χ0v) is 16.2. The van der Waals surface area contributed by atoms with E-state index in [1.54, 1.807) is 43.5 Å². The molecule has 0 radical (unpaired) electrons. The van der Waals surface area contributed by atoms with Crippen molar-refractivity contribution in [3.8, 4) is 28.7 Å². The summed E-state index contributed by atoms with van der Waals surface area (Å²) in [5, 5.41) is 20.6. The number of nitrogens with one attached hydrogen (secondary N) is 2. The van der Waals surface area contributed by atoms with Crippen LogP contribution < -0.4 is 14.8 Å². The van der Waals surface area contributed by atoms with Crippen molar-refractivity contribution in [2.75, 3.05) is 12.4 Å². The summed E-state index contributed by atoms with van der Waals surface area (Å²) in [6, 6.07) is 15.7. The molecule has 0 aliphatic carbocycles. The van der Waals surface area contributed by atoms with Gasteiger partial charge in [-0.1, -0.05) is 0 Å². The number of carbonyl (C=O) groups excluding carboxylic acids is 1. The third-order valence-corrected chi connectivity index (χ3v) is 4.25. The number of H-pyrrole nitrogens is 1. The Balaban J connectivity index is 1.55. The minimum absolute atomic E-state index is 0.0931. The molecule has 4 rings (SSSR count). The fourth-order valence-electron chi connectivity index (χ4n) is 2.79. The summed E-state index contributed by atoms with van der Waals surface area (Å²) in [7, 11) is 1.54. The number of aromatic amines is 1. The number of methoxy groups -OCH3 is 1. The second kappa shape index (κ2) is 8.41. The number of anilines is 1. The lowest BCUT2D eigenvalue weighted by molar-refractivity contribution is -0.384. The van der Waals surface area contributed by atoms with Gasteiger partial charge in [-0.3, -0.25) is 20.0 Å². The van der Waals surface area contributed by atoms with E-state index in [1.165, 1.54) is 30.5 Å².